The van der Waals surface area contributed by atoms with Gasteiger partial charge in [0.15, 0.2) is 5.65 Å². The summed E-state index contributed by atoms with van der Waals surface area (Å²) < 4.78 is 2.15. The minimum atomic E-state index is -0.135. The molecule has 0 bridgehead atoms. The van der Waals surface area contributed by atoms with Crippen LogP contribution in [0.15, 0.2) is 59.4 Å². The van der Waals surface area contributed by atoms with Crippen LogP contribution in [0.5, 0.6) is 0 Å². The van der Waals surface area contributed by atoms with Gasteiger partial charge in [0, 0.05) is 15.6 Å². The molecule has 3 heterocycles. The van der Waals surface area contributed by atoms with Crippen molar-refractivity contribution in [3.8, 4) is 0 Å². The molecule has 5 rings (SSSR count). The second-order valence-electron chi connectivity index (χ2n) is 6.53. The van der Waals surface area contributed by atoms with Gasteiger partial charge in [-0.3, -0.25) is 9.20 Å². The number of hydrogen-bond donors (Lipinski definition) is 0. The molecule has 0 aliphatic heterocycles. The number of rotatable bonds is 1. The van der Waals surface area contributed by atoms with E-state index in [1.807, 2.05) is 43.3 Å². The van der Waals surface area contributed by atoms with Gasteiger partial charge in [0.1, 0.15) is 4.83 Å². The number of benzene rings is 2. The molecule has 0 radical (unpaired) electrons. The van der Waals surface area contributed by atoms with Crippen molar-refractivity contribution in [2.24, 2.45) is 0 Å². The molecule has 0 aliphatic rings. The summed E-state index contributed by atoms with van der Waals surface area (Å²) in [6, 6.07) is 18.4. The summed E-state index contributed by atoms with van der Waals surface area (Å²) in [5.41, 5.74) is 2.76. The van der Waals surface area contributed by atoms with E-state index in [0.29, 0.717) is 0 Å². The molecule has 0 aliphatic carbocycles. The summed E-state index contributed by atoms with van der Waals surface area (Å²) in [5.74, 6) is 0. The summed E-state index contributed by atoms with van der Waals surface area (Å²) in [5, 5.41) is 3.93. The standard InChI is InChI=1S/C22H16N2OS/c1-13-14(2)26-22-19(13)21(25)23-20-17-11-7-6-10-16(17)18(24(20)22)12-15-8-4-3-5-9-15/h3-12H,1-2H3. The molecule has 0 N–H and O–H groups in total. The number of thiophene rings is 1. The fraction of sp³-hybridized carbons (Fsp3) is 0.0909. The first-order valence-electron chi connectivity index (χ1n) is 8.55. The van der Waals surface area contributed by atoms with Gasteiger partial charge < -0.3 is 0 Å². The Morgan fingerprint density at radius 1 is 0.962 bits per heavy atom. The minimum Gasteiger partial charge on any atom is -0.284 e. The lowest BCUT2D eigenvalue weighted by Crippen LogP contribution is -2.15. The van der Waals surface area contributed by atoms with Gasteiger partial charge in [-0.05, 0) is 31.1 Å². The van der Waals surface area contributed by atoms with Crippen LogP contribution < -0.4 is 10.9 Å². The monoisotopic (exact) mass is 356 g/mol. The van der Waals surface area contributed by atoms with Crippen LogP contribution in [0, 0.1) is 13.8 Å². The molecule has 5 aromatic rings. The topological polar surface area (TPSA) is 34.4 Å². The highest BCUT2D eigenvalue weighted by molar-refractivity contribution is 7.18. The van der Waals surface area contributed by atoms with Gasteiger partial charge in [-0.25, -0.2) is 0 Å². The number of aryl methyl sites for hydroxylation is 2. The smallest absolute Gasteiger partial charge is 0.282 e. The SMILES string of the molecule is Cc1sc2c(c1C)c(=O)nc1c3ccccc3c(=Cc3ccccc3)n12. The zero-order chi connectivity index (χ0) is 17.8. The molecule has 4 heteroatoms. The fourth-order valence-electron chi connectivity index (χ4n) is 3.59. The molecule has 0 atom stereocenters. The molecule has 126 valence electrons. The lowest BCUT2D eigenvalue weighted by atomic mass is 10.1. The Morgan fingerprint density at radius 3 is 2.42 bits per heavy atom. The van der Waals surface area contributed by atoms with Crippen molar-refractivity contribution in [2.45, 2.75) is 13.8 Å². The Morgan fingerprint density at radius 2 is 1.65 bits per heavy atom. The van der Waals surface area contributed by atoms with Gasteiger partial charge in [-0.1, -0.05) is 54.6 Å². The molecule has 3 aromatic heterocycles. The molecule has 26 heavy (non-hydrogen) atoms. The summed E-state index contributed by atoms with van der Waals surface area (Å²) in [7, 11) is 0. The first-order chi connectivity index (χ1) is 12.6. The van der Waals surface area contributed by atoms with Crippen LogP contribution in [0.4, 0.5) is 0 Å². The number of hydrogen-bond acceptors (Lipinski definition) is 3. The van der Waals surface area contributed by atoms with Crippen LogP contribution in [-0.4, -0.2) is 9.38 Å². The highest BCUT2D eigenvalue weighted by atomic mass is 32.1. The second-order valence-corrected chi connectivity index (χ2v) is 7.73. The quantitative estimate of drug-likeness (QED) is 0.450. The first kappa shape index (κ1) is 15.3. The second kappa shape index (κ2) is 5.51. The van der Waals surface area contributed by atoms with E-state index in [1.165, 1.54) is 0 Å². The highest BCUT2D eigenvalue weighted by Gasteiger charge is 2.17. The zero-order valence-electron chi connectivity index (χ0n) is 14.5. The highest BCUT2D eigenvalue weighted by Crippen LogP contribution is 2.29. The van der Waals surface area contributed by atoms with Crippen LogP contribution in [0.2, 0.25) is 0 Å². The molecular formula is C22H16N2OS. The Bertz CT molecular complexity index is 1410. The van der Waals surface area contributed by atoms with Gasteiger partial charge in [0.25, 0.3) is 5.56 Å². The van der Waals surface area contributed by atoms with Crippen molar-refractivity contribution in [3.05, 3.63) is 86.3 Å². The average molecular weight is 356 g/mol. The summed E-state index contributed by atoms with van der Waals surface area (Å²) in [4.78, 5) is 19.3. The molecule has 0 fully saturated rings. The molecule has 0 amide bonds. The molecule has 3 nitrogen and oxygen atoms in total. The predicted octanol–water partition coefficient (Wildman–Crippen LogP) is 4.23. The number of aromatic nitrogens is 2. The van der Waals surface area contributed by atoms with Crippen LogP contribution in [-0.2, 0) is 0 Å². The van der Waals surface area contributed by atoms with Crippen LogP contribution in [0.3, 0.4) is 0 Å². The molecule has 0 unspecified atom stereocenters. The van der Waals surface area contributed by atoms with E-state index >= 15 is 0 Å². The normalized spacial score (nSPS) is 12.6. The summed E-state index contributed by atoms with van der Waals surface area (Å²) in [6.45, 7) is 4.07. The van der Waals surface area contributed by atoms with Gasteiger partial charge in [0.05, 0.1) is 10.7 Å². The number of nitrogens with zero attached hydrogens (tertiary/aromatic N) is 2. The van der Waals surface area contributed by atoms with Crippen molar-refractivity contribution in [2.75, 3.05) is 0 Å². The first-order valence-corrected chi connectivity index (χ1v) is 9.36. The van der Waals surface area contributed by atoms with E-state index in [-0.39, 0.29) is 5.56 Å². The van der Waals surface area contributed by atoms with Crippen LogP contribution >= 0.6 is 11.3 Å². The maximum absolute atomic E-state index is 12.7. The van der Waals surface area contributed by atoms with E-state index < -0.39 is 0 Å². The molecule has 2 aromatic carbocycles. The minimum absolute atomic E-state index is 0.135. The Kier molecular flexibility index (Phi) is 3.24. The number of fused-ring (bicyclic) bond motifs is 5. The average Bonchev–Trinajstić information content (AvgIpc) is 3.12. The molecule has 0 saturated carbocycles. The maximum Gasteiger partial charge on any atom is 0.282 e. The third-order valence-electron chi connectivity index (χ3n) is 4.99. The van der Waals surface area contributed by atoms with E-state index in [0.717, 1.165) is 48.0 Å². The van der Waals surface area contributed by atoms with E-state index in [9.17, 15) is 4.79 Å². The largest absolute Gasteiger partial charge is 0.284 e. The summed E-state index contributed by atoms with van der Waals surface area (Å²) >= 11 is 1.67. The Labute approximate surface area is 153 Å². The van der Waals surface area contributed by atoms with Crippen LogP contribution in [0.1, 0.15) is 16.0 Å². The zero-order valence-corrected chi connectivity index (χ0v) is 15.3. The third-order valence-corrected chi connectivity index (χ3v) is 6.18. The lowest BCUT2D eigenvalue weighted by Gasteiger charge is -1.98. The Balaban J connectivity index is 2.11. The molecule has 0 spiro atoms. The van der Waals surface area contributed by atoms with E-state index in [1.54, 1.807) is 11.3 Å². The molecule has 0 saturated heterocycles. The summed E-state index contributed by atoms with van der Waals surface area (Å²) in [6.07, 6.45) is 2.17. The maximum atomic E-state index is 12.7. The van der Waals surface area contributed by atoms with Crippen molar-refractivity contribution in [1.29, 1.82) is 0 Å². The van der Waals surface area contributed by atoms with Crippen molar-refractivity contribution >= 4 is 44.0 Å². The van der Waals surface area contributed by atoms with E-state index in [4.69, 9.17) is 0 Å². The van der Waals surface area contributed by atoms with Gasteiger partial charge in [0.2, 0.25) is 0 Å². The third kappa shape index (κ3) is 2.06. The van der Waals surface area contributed by atoms with Crippen molar-refractivity contribution in [3.63, 3.8) is 0 Å². The van der Waals surface area contributed by atoms with Gasteiger partial charge in [-0.2, -0.15) is 4.98 Å². The van der Waals surface area contributed by atoms with Gasteiger partial charge >= 0.3 is 0 Å². The van der Waals surface area contributed by atoms with Gasteiger partial charge in [-0.15, -0.1) is 11.3 Å². The van der Waals surface area contributed by atoms with Crippen molar-refractivity contribution < 1.29 is 0 Å². The van der Waals surface area contributed by atoms with Crippen molar-refractivity contribution in [1.82, 2.24) is 9.38 Å². The van der Waals surface area contributed by atoms with Crippen LogP contribution in [0.25, 0.3) is 32.7 Å². The molecular weight excluding hydrogens is 340 g/mol. The fourth-order valence-corrected chi connectivity index (χ4v) is 4.76. The van der Waals surface area contributed by atoms with E-state index in [2.05, 4.69) is 40.6 Å². The Hall–Kier alpha value is -2.98. The predicted molar refractivity (Wildman–Crippen MR) is 109 cm³/mol. The lowest BCUT2D eigenvalue weighted by molar-refractivity contribution is 1.15.